The molecule has 0 unspecified atom stereocenters. The molecular formula is C20H24N2O2S2. The number of rotatable bonds is 5. The van der Waals surface area contributed by atoms with Gasteiger partial charge in [-0.05, 0) is 11.1 Å². The Labute approximate surface area is 163 Å². The minimum absolute atomic E-state index is 0.232. The Hall–Kier alpha value is -1.63. The van der Waals surface area contributed by atoms with Crippen molar-refractivity contribution in [1.29, 1.82) is 0 Å². The second-order valence-electron chi connectivity index (χ2n) is 6.41. The van der Waals surface area contributed by atoms with Gasteiger partial charge in [-0.3, -0.25) is 0 Å². The predicted molar refractivity (Wildman–Crippen MR) is 111 cm³/mol. The molecule has 1 heterocycles. The lowest BCUT2D eigenvalue weighted by Crippen LogP contribution is -2.49. The minimum atomic E-state index is -0.849. The topological polar surface area (TPSA) is 61.4 Å². The first kappa shape index (κ1) is 19.1. The number of amides is 2. The van der Waals surface area contributed by atoms with E-state index in [1.54, 1.807) is 23.5 Å². The number of nitrogens with one attached hydrogen (secondary N) is 2. The van der Waals surface area contributed by atoms with Gasteiger partial charge in [0.25, 0.3) is 0 Å². The lowest BCUT2D eigenvalue weighted by Gasteiger charge is -2.27. The Morgan fingerprint density at radius 3 is 1.96 bits per heavy atom. The highest BCUT2D eigenvalue weighted by molar-refractivity contribution is 8.03. The molecule has 1 saturated heterocycles. The monoisotopic (exact) mass is 388 g/mol. The molecule has 3 N–H and O–H groups in total. The molecule has 1 fully saturated rings. The quantitative estimate of drug-likeness (QED) is 0.736. The molecule has 2 aromatic rings. The van der Waals surface area contributed by atoms with Gasteiger partial charge in [-0.2, -0.15) is 23.5 Å². The number of hydrogen-bond donors (Lipinski definition) is 3. The van der Waals surface area contributed by atoms with Gasteiger partial charge in [-0.1, -0.05) is 60.7 Å². The number of carbonyl (C=O) groups is 1. The first-order valence-electron chi connectivity index (χ1n) is 8.68. The largest absolute Gasteiger partial charge is 0.386 e. The molecule has 138 valence electrons. The highest BCUT2D eigenvalue weighted by Gasteiger charge is 2.29. The minimum Gasteiger partial charge on any atom is -0.386 e. The van der Waals surface area contributed by atoms with Crippen LogP contribution in [0, 0.1) is 0 Å². The smallest absolute Gasteiger partial charge is 0.315 e. The van der Waals surface area contributed by atoms with E-state index in [2.05, 4.69) is 10.6 Å². The molecule has 6 heteroatoms. The van der Waals surface area contributed by atoms with Gasteiger partial charge in [0.05, 0.1) is 11.6 Å². The Balaban J connectivity index is 1.66. The zero-order valence-electron chi connectivity index (χ0n) is 14.6. The van der Waals surface area contributed by atoms with Crippen LogP contribution in [0.3, 0.4) is 0 Å². The average Bonchev–Trinajstić information content (AvgIpc) is 2.91. The van der Waals surface area contributed by atoms with Crippen LogP contribution in [0.25, 0.3) is 0 Å². The second kappa shape index (κ2) is 9.35. The number of aliphatic hydroxyl groups is 1. The van der Waals surface area contributed by atoms with Crippen LogP contribution in [0.5, 0.6) is 0 Å². The molecule has 1 aliphatic heterocycles. The number of benzene rings is 2. The van der Waals surface area contributed by atoms with Crippen LogP contribution in [0.1, 0.15) is 17.2 Å². The summed E-state index contributed by atoms with van der Waals surface area (Å²) in [6.07, 6.45) is 0. The van der Waals surface area contributed by atoms with Crippen LogP contribution >= 0.6 is 23.5 Å². The third-order valence-corrected chi connectivity index (χ3v) is 6.96. The molecule has 0 radical (unpaired) electrons. The highest BCUT2D eigenvalue weighted by atomic mass is 32.2. The number of hydrogen-bond acceptors (Lipinski definition) is 4. The van der Waals surface area contributed by atoms with Crippen LogP contribution in [-0.2, 0) is 0 Å². The molecule has 1 aliphatic rings. The van der Waals surface area contributed by atoms with E-state index in [-0.39, 0.29) is 18.6 Å². The zero-order chi connectivity index (χ0) is 18.2. The van der Waals surface area contributed by atoms with Crippen molar-refractivity contribution in [3.8, 4) is 0 Å². The van der Waals surface area contributed by atoms with E-state index >= 15 is 0 Å². The first-order valence-corrected chi connectivity index (χ1v) is 11.0. The van der Waals surface area contributed by atoms with Crippen molar-refractivity contribution in [2.45, 2.75) is 11.6 Å². The highest BCUT2D eigenvalue weighted by Crippen LogP contribution is 2.24. The fourth-order valence-electron chi connectivity index (χ4n) is 2.86. The maximum atomic E-state index is 12.5. The predicted octanol–water partition coefficient (Wildman–Crippen LogP) is 3.29. The molecule has 3 rings (SSSR count). The van der Waals surface area contributed by atoms with Crippen LogP contribution < -0.4 is 10.6 Å². The van der Waals surface area contributed by atoms with Gasteiger partial charge in [0.2, 0.25) is 0 Å². The molecule has 4 nitrogen and oxygen atoms in total. The molecule has 2 aromatic carbocycles. The van der Waals surface area contributed by atoms with E-state index in [1.807, 2.05) is 60.7 Å². The lowest BCUT2D eigenvalue weighted by molar-refractivity contribution is 0.0920. The van der Waals surface area contributed by atoms with E-state index in [4.69, 9.17) is 0 Å². The van der Waals surface area contributed by atoms with E-state index in [0.717, 1.165) is 22.6 Å². The molecule has 0 bridgehead atoms. The fraction of sp³-hybridized carbons (Fsp3) is 0.350. The maximum Gasteiger partial charge on any atom is 0.315 e. The SMILES string of the molecule is O=C(NCC1(O)CSCCSC1)NC(c1ccccc1)c1ccccc1. The summed E-state index contributed by atoms with van der Waals surface area (Å²) < 4.78 is 0. The Kier molecular flexibility index (Phi) is 6.88. The molecule has 0 spiro atoms. The van der Waals surface area contributed by atoms with E-state index in [9.17, 15) is 9.90 Å². The van der Waals surface area contributed by atoms with Gasteiger partial charge >= 0.3 is 6.03 Å². The molecule has 0 aliphatic carbocycles. The average molecular weight is 389 g/mol. The van der Waals surface area contributed by atoms with E-state index < -0.39 is 5.60 Å². The normalized spacial score (nSPS) is 16.7. The third-order valence-electron chi connectivity index (χ3n) is 4.23. The fourth-order valence-corrected chi connectivity index (χ4v) is 5.39. The molecular weight excluding hydrogens is 364 g/mol. The Bertz CT molecular complexity index is 650. The van der Waals surface area contributed by atoms with Gasteiger partial charge in [-0.25, -0.2) is 4.79 Å². The molecule has 26 heavy (non-hydrogen) atoms. The number of urea groups is 1. The summed E-state index contributed by atoms with van der Waals surface area (Å²) in [6.45, 7) is 0.259. The van der Waals surface area contributed by atoms with Crippen molar-refractivity contribution >= 4 is 29.6 Å². The lowest BCUT2D eigenvalue weighted by atomic mass is 9.99. The first-order chi connectivity index (χ1) is 12.7. The summed E-state index contributed by atoms with van der Waals surface area (Å²) in [7, 11) is 0. The molecule has 0 atom stereocenters. The van der Waals surface area contributed by atoms with Crippen LogP contribution in [-0.4, -0.2) is 46.3 Å². The van der Waals surface area contributed by atoms with Crippen molar-refractivity contribution in [2.75, 3.05) is 29.6 Å². The Morgan fingerprint density at radius 1 is 0.962 bits per heavy atom. The summed E-state index contributed by atoms with van der Waals surface area (Å²) in [6, 6.07) is 19.3. The van der Waals surface area contributed by atoms with E-state index in [0.29, 0.717) is 11.5 Å². The summed E-state index contributed by atoms with van der Waals surface area (Å²) >= 11 is 3.48. The molecule has 0 saturated carbocycles. The van der Waals surface area contributed by atoms with Crippen molar-refractivity contribution in [3.63, 3.8) is 0 Å². The van der Waals surface area contributed by atoms with Gasteiger partial charge in [0.1, 0.15) is 0 Å². The summed E-state index contributed by atoms with van der Waals surface area (Å²) in [5.74, 6) is 3.40. The number of carbonyl (C=O) groups excluding carboxylic acids is 1. The second-order valence-corrected chi connectivity index (χ2v) is 8.62. The van der Waals surface area contributed by atoms with E-state index in [1.165, 1.54) is 0 Å². The summed E-state index contributed by atoms with van der Waals surface area (Å²) in [5.41, 5.74) is 1.19. The van der Waals surface area contributed by atoms with Gasteiger partial charge in [0.15, 0.2) is 0 Å². The third kappa shape index (κ3) is 5.43. The van der Waals surface area contributed by atoms with Crippen molar-refractivity contribution in [2.24, 2.45) is 0 Å². The van der Waals surface area contributed by atoms with Crippen LogP contribution in [0.4, 0.5) is 4.79 Å². The maximum absolute atomic E-state index is 12.5. The molecule has 2 amide bonds. The van der Waals surface area contributed by atoms with Crippen molar-refractivity contribution in [1.82, 2.24) is 10.6 Å². The van der Waals surface area contributed by atoms with Gasteiger partial charge in [-0.15, -0.1) is 0 Å². The van der Waals surface area contributed by atoms with Gasteiger partial charge in [0, 0.05) is 29.6 Å². The van der Waals surface area contributed by atoms with Gasteiger partial charge < -0.3 is 15.7 Å². The summed E-state index contributed by atoms with van der Waals surface area (Å²) in [4.78, 5) is 12.5. The Morgan fingerprint density at radius 2 is 1.46 bits per heavy atom. The summed E-state index contributed by atoms with van der Waals surface area (Å²) in [5, 5.41) is 16.6. The van der Waals surface area contributed by atoms with Crippen molar-refractivity contribution in [3.05, 3.63) is 71.8 Å². The molecule has 0 aromatic heterocycles. The van der Waals surface area contributed by atoms with Crippen LogP contribution in [0.15, 0.2) is 60.7 Å². The van der Waals surface area contributed by atoms with Crippen molar-refractivity contribution < 1.29 is 9.90 Å². The standard InChI is InChI=1S/C20H24N2O2S2/c23-19(21-13-20(24)14-25-11-12-26-15-20)22-18(16-7-3-1-4-8-16)17-9-5-2-6-10-17/h1-10,18,24H,11-15H2,(H2,21,22,23). The van der Waals surface area contributed by atoms with Crippen LogP contribution in [0.2, 0.25) is 0 Å². The number of thioether (sulfide) groups is 2. The zero-order valence-corrected chi connectivity index (χ0v) is 16.2.